The van der Waals surface area contributed by atoms with Gasteiger partial charge in [0.2, 0.25) is 5.91 Å². The quantitative estimate of drug-likeness (QED) is 0.755. The van der Waals surface area contributed by atoms with Gasteiger partial charge in [0.25, 0.3) is 0 Å². The van der Waals surface area contributed by atoms with Crippen molar-refractivity contribution in [3.05, 3.63) is 0 Å². The average Bonchev–Trinajstić information content (AvgIpc) is 2.13. The zero-order valence-electron chi connectivity index (χ0n) is 9.71. The van der Waals surface area contributed by atoms with Crippen molar-refractivity contribution in [1.29, 1.82) is 0 Å². The number of hydrogen-bond donors (Lipinski definition) is 1. The Kier molecular flexibility index (Phi) is 6.32. The number of nitrogens with one attached hydrogen (secondary N) is 1. The molecular formula is C10H19ClN2O2. The molecule has 1 unspecified atom stereocenters. The molecule has 0 radical (unpaired) electrons. The number of halogens is 1. The lowest BCUT2D eigenvalue weighted by Crippen LogP contribution is -2.46. The first-order valence-electron chi connectivity index (χ1n) is 5.12. The van der Waals surface area contributed by atoms with E-state index in [1.807, 2.05) is 20.8 Å². The highest BCUT2D eigenvalue weighted by molar-refractivity contribution is 6.31. The van der Waals surface area contributed by atoms with Gasteiger partial charge in [0.15, 0.2) is 0 Å². The van der Waals surface area contributed by atoms with Gasteiger partial charge in [-0.1, -0.05) is 13.8 Å². The molecule has 3 amide bonds. The van der Waals surface area contributed by atoms with Gasteiger partial charge >= 0.3 is 6.03 Å². The van der Waals surface area contributed by atoms with E-state index in [9.17, 15) is 9.59 Å². The fourth-order valence-corrected chi connectivity index (χ4v) is 1.13. The van der Waals surface area contributed by atoms with Gasteiger partial charge in [-0.3, -0.25) is 10.1 Å². The largest absolute Gasteiger partial charge is 0.324 e. The van der Waals surface area contributed by atoms with Gasteiger partial charge in [0, 0.05) is 13.1 Å². The monoisotopic (exact) mass is 234 g/mol. The summed E-state index contributed by atoms with van der Waals surface area (Å²) in [5, 5.41) is 1.56. The molecule has 0 aliphatic carbocycles. The third-order valence-corrected chi connectivity index (χ3v) is 2.04. The lowest BCUT2D eigenvalue weighted by Gasteiger charge is -2.22. The lowest BCUT2D eigenvalue weighted by molar-refractivity contribution is -0.119. The van der Waals surface area contributed by atoms with Crippen molar-refractivity contribution in [2.45, 2.75) is 33.1 Å². The maximum atomic E-state index is 11.6. The summed E-state index contributed by atoms with van der Waals surface area (Å²) in [5.74, 6) is -0.0805. The molecule has 0 fully saturated rings. The van der Waals surface area contributed by atoms with Crippen molar-refractivity contribution >= 4 is 23.5 Å². The van der Waals surface area contributed by atoms with Crippen LogP contribution in [-0.2, 0) is 4.79 Å². The van der Waals surface area contributed by atoms with E-state index in [2.05, 4.69) is 5.32 Å². The van der Waals surface area contributed by atoms with Gasteiger partial charge in [-0.15, -0.1) is 11.6 Å². The number of carbonyl (C=O) groups excluding carboxylic acids is 2. The molecule has 0 aromatic carbocycles. The first-order chi connectivity index (χ1) is 6.88. The molecule has 0 rings (SSSR count). The molecule has 88 valence electrons. The maximum absolute atomic E-state index is 11.6. The second-order valence-corrected chi connectivity index (χ2v) is 4.50. The first kappa shape index (κ1) is 14.2. The number of nitrogens with zero attached hydrogens (tertiary/aromatic N) is 1. The Morgan fingerprint density at radius 1 is 1.33 bits per heavy atom. The van der Waals surface area contributed by atoms with E-state index < -0.39 is 11.3 Å². The summed E-state index contributed by atoms with van der Waals surface area (Å²) in [6.45, 7) is 8.64. The summed E-state index contributed by atoms with van der Waals surface area (Å²) in [4.78, 5) is 24.3. The van der Waals surface area contributed by atoms with Gasteiger partial charge in [0.1, 0.15) is 5.38 Å². The summed E-state index contributed by atoms with van der Waals surface area (Å²) in [6, 6.07) is -0.372. The number of amides is 3. The molecule has 1 N–H and O–H groups in total. The SMILES string of the molecule is CCN(CC(C)C)C(=O)NC(=O)C(C)Cl. The van der Waals surface area contributed by atoms with Gasteiger partial charge in [-0.05, 0) is 19.8 Å². The summed E-state index contributed by atoms with van der Waals surface area (Å²) < 4.78 is 0. The predicted molar refractivity (Wildman–Crippen MR) is 60.9 cm³/mol. The molecule has 0 heterocycles. The number of urea groups is 1. The third-order valence-electron chi connectivity index (χ3n) is 1.85. The molecule has 15 heavy (non-hydrogen) atoms. The minimum Gasteiger partial charge on any atom is -0.324 e. The first-order valence-corrected chi connectivity index (χ1v) is 5.56. The highest BCUT2D eigenvalue weighted by Crippen LogP contribution is 2.00. The molecule has 1 atom stereocenters. The second-order valence-electron chi connectivity index (χ2n) is 3.84. The van der Waals surface area contributed by atoms with E-state index in [4.69, 9.17) is 11.6 Å². The fraction of sp³-hybridized carbons (Fsp3) is 0.800. The Balaban J connectivity index is 4.21. The lowest BCUT2D eigenvalue weighted by atomic mass is 10.2. The summed E-state index contributed by atoms with van der Waals surface area (Å²) in [5.41, 5.74) is 0. The van der Waals surface area contributed by atoms with Crippen molar-refractivity contribution in [3.63, 3.8) is 0 Å². The van der Waals surface area contributed by atoms with E-state index in [-0.39, 0.29) is 6.03 Å². The molecule has 0 aliphatic rings. The van der Waals surface area contributed by atoms with Gasteiger partial charge in [-0.25, -0.2) is 4.79 Å². The molecular weight excluding hydrogens is 216 g/mol. The van der Waals surface area contributed by atoms with E-state index in [0.717, 1.165) is 0 Å². The Morgan fingerprint density at radius 2 is 1.87 bits per heavy atom. The van der Waals surface area contributed by atoms with E-state index in [1.54, 1.807) is 4.90 Å². The molecule has 5 heteroatoms. The van der Waals surface area contributed by atoms with Crippen molar-refractivity contribution in [2.24, 2.45) is 5.92 Å². The van der Waals surface area contributed by atoms with Gasteiger partial charge in [-0.2, -0.15) is 0 Å². The molecule has 4 nitrogen and oxygen atoms in total. The Hall–Kier alpha value is -0.770. The fourth-order valence-electron chi connectivity index (χ4n) is 1.08. The van der Waals surface area contributed by atoms with Crippen LogP contribution in [0.3, 0.4) is 0 Å². The van der Waals surface area contributed by atoms with E-state index >= 15 is 0 Å². The Labute approximate surface area is 96.0 Å². The number of hydrogen-bond acceptors (Lipinski definition) is 2. The maximum Gasteiger partial charge on any atom is 0.324 e. The topological polar surface area (TPSA) is 49.4 Å². The minimum atomic E-state index is -0.688. The number of rotatable bonds is 4. The van der Waals surface area contributed by atoms with E-state index in [1.165, 1.54) is 6.92 Å². The normalized spacial score (nSPS) is 12.4. The van der Waals surface area contributed by atoms with E-state index in [0.29, 0.717) is 19.0 Å². The molecule has 0 saturated carbocycles. The number of alkyl halides is 1. The summed E-state index contributed by atoms with van der Waals surface area (Å²) >= 11 is 5.54. The minimum absolute atomic E-state index is 0.372. The molecule has 0 aromatic rings. The van der Waals surface area contributed by atoms with Crippen LogP contribution in [0.2, 0.25) is 0 Å². The zero-order valence-corrected chi connectivity index (χ0v) is 10.5. The third kappa shape index (κ3) is 5.62. The predicted octanol–water partition coefficient (Wildman–Crippen LogP) is 1.83. The van der Waals surface area contributed by atoms with Crippen LogP contribution in [0.4, 0.5) is 4.79 Å². The van der Waals surface area contributed by atoms with Crippen molar-refractivity contribution in [2.75, 3.05) is 13.1 Å². The van der Waals surface area contributed by atoms with Crippen LogP contribution in [0.5, 0.6) is 0 Å². The van der Waals surface area contributed by atoms with Crippen LogP contribution < -0.4 is 5.32 Å². The Morgan fingerprint density at radius 3 is 2.20 bits per heavy atom. The van der Waals surface area contributed by atoms with Gasteiger partial charge < -0.3 is 4.90 Å². The molecule has 0 saturated heterocycles. The number of carbonyl (C=O) groups is 2. The number of imide groups is 1. The van der Waals surface area contributed by atoms with Crippen LogP contribution in [0.1, 0.15) is 27.7 Å². The smallest absolute Gasteiger partial charge is 0.324 e. The second kappa shape index (κ2) is 6.67. The van der Waals surface area contributed by atoms with Gasteiger partial charge in [0.05, 0.1) is 0 Å². The molecule has 0 aromatic heterocycles. The van der Waals surface area contributed by atoms with Crippen molar-refractivity contribution < 1.29 is 9.59 Å². The average molecular weight is 235 g/mol. The summed E-state index contributed by atoms with van der Waals surface area (Å²) in [6.07, 6.45) is 0. The van der Waals surface area contributed by atoms with Crippen molar-refractivity contribution in [1.82, 2.24) is 10.2 Å². The van der Waals surface area contributed by atoms with Crippen LogP contribution in [0.25, 0.3) is 0 Å². The molecule has 0 aliphatic heterocycles. The zero-order chi connectivity index (χ0) is 12.0. The highest BCUT2D eigenvalue weighted by Gasteiger charge is 2.18. The van der Waals surface area contributed by atoms with Crippen LogP contribution in [-0.4, -0.2) is 35.3 Å². The summed E-state index contributed by atoms with van der Waals surface area (Å²) in [7, 11) is 0. The van der Waals surface area contributed by atoms with Crippen LogP contribution in [0.15, 0.2) is 0 Å². The standard InChI is InChI=1S/C10H19ClN2O2/c1-5-13(6-7(2)3)10(15)12-9(14)8(4)11/h7-8H,5-6H2,1-4H3,(H,12,14,15). The Bertz CT molecular complexity index is 229. The van der Waals surface area contributed by atoms with Crippen LogP contribution in [0, 0.1) is 5.92 Å². The molecule has 0 spiro atoms. The highest BCUT2D eigenvalue weighted by atomic mass is 35.5. The van der Waals surface area contributed by atoms with Crippen molar-refractivity contribution in [3.8, 4) is 0 Å². The molecule has 0 bridgehead atoms. The van der Waals surface area contributed by atoms with Crippen LogP contribution >= 0.6 is 11.6 Å².